The largest absolute Gasteiger partial charge is 0.342 e. The molecule has 4 rings (SSSR count). The Hall–Kier alpha value is -2.85. The summed E-state index contributed by atoms with van der Waals surface area (Å²) in [4.78, 5) is 16.8. The fraction of sp³-hybridized carbons (Fsp3) is 0.100. The van der Waals surface area contributed by atoms with Crippen LogP contribution >= 0.6 is 11.6 Å². The molecule has 0 unspecified atom stereocenters. The van der Waals surface area contributed by atoms with Crippen LogP contribution in [0.1, 0.15) is 12.8 Å². The summed E-state index contributed by atoms with van der Waals surface area (Å²) in [6, 6.07) is 13.1. The molecule has 5 heteroatoms. The Labute approximate surface area is 150 Å². The molecule has 0 aliphatic heterocycles. The first kappa shape index (κ1) is 15.7. The van der Waals surface area contributed by atoms with Gasteiger partial charge in [0, 0.05) is 17.5 Å². The molecule has 4 nitrogen and oxygen atoms in total. The highest BCUT2D eigenvalue weighted by molar-refractivity contribution is 6.30. The second-order valence-corrected chi connectivity index (χ2v) is 6.24. The zero-order valence-electron chi connectivity index (χ0n) is 13.4. The summed E-state index contributed by atoms with van der Waals surface area (Å²) in [5.41, 5.74) is 2.55. The lowest BCUT2D eigenvalue weighted by molar-refractivity contribution is 1.01. The Balaban J connectivity index is 1.98. The van der Waals surface area contributed by atoms with E-state index in [0.29, 0.717) is 21.9 Å². The van der Waals surface area contributed by atoms with Gasteiger partial charge in [0.15, 0.2) is 5.43 Å². The normalized spacial score (nSPS) is 13.7. The summed E-state index contributed by atoms with van der Waals surface area (Å²) in [6.45, 7) is 0. The van der Waals surface area contributed by atoms with Crippen LogP contribution in [0.15, 0.2) is 77.4 Å². The standard InChI is InChI=1S/C20H16ClN3O/c21-19-11-16-17(13-22-19)24(15-9-5-2-6-10-15)20(12-18(16)25)23-14-7-3-1-4-8-14/h2-3,5-13,23H,1,4H2. The molecule has 0 atom stereocenters. The number of pyridine rings is 2. The van der Waals surface area contributed by atoms with Crippen molar-refractivity contribution in [3.63, 3.8) is 0 Å². The van der Waals surface area contributed by atoms with E-state index >= 15 is 0 Å². The zero-order chi connectivity index (χ0) is 17.2. The van der Waals surface area contributed by atoms with Crippen molar-refractivity contribution in [3.8, 4) is 5.69 Å². The zero-order valence-corrected chi connectivity index (χ0v) is 14.2. The molecule has 0 radical (unpaired) electrons. The van der Waals surface area contributed by atoms with Crippen LogP contribution < -0.4 is 10.7 Å². The van der Waals surface area contributed by atoms with Gasteiger partial charge in [0.25, 0.3) is 0 Å². The molecule has 124 valence electrons. The van der Waals surface area contributed by atoms with Gasteiger partial charge < -0.3 is 5.32 Å². The summed E-state index contributed by atoms with van der Waals surface area (Å²) >= 11 is 5.99. The fourth-order valence-electron chi connectivity index (χ4n) is 3.00. The Morgan fingerprint density at radius 2 is 1.96 bits per heavy atom. The Kier molecular flexibility index (Phi) is 4.12. The second-order valence-electron chi connectivity index (χ2n) is 5.85. The van der Waals surface area contributed by atoms with Crippen LogP contribution in [-0.4, -0.2) is 9.55 Å². The summed E-state index contributed by atoms with van der Waals surface area (Å²) in [6.07, 6.45) is 9.95. The number of halogens is 1. The van der Waals surface area contributed by atoms with Crippen molar-refractivity contribution in [3.05, 3.63) is 88.0 Å². The summed E-state index contributed by atoms with van der Waals surface area (Å²) in [5.74, 6) is 0.700. The molecule has 1 N–H and O–H groups in total. The van der Waals surface area contributed by atoms with Crippen LogP contribution in [0.3, 0.4) is 0 Å². The van der Waals surface area contributed by atoms with Crippen molar-refractivity contribution >= 4 is 28.3 Å². The number of hydrogen-bond acceptors (Lipinski definition) is 3. The highest BCUT2D eigenvalue weighted by atomic mass is 35.5. The topological polar surface area (TPSA) is 46.9 Å². The van der Waals surface area contributed by atoms with E-state index in [-0.39, 0.29) is 5.43 Å². The number of aromatic nitrogens is 2. The van der Waals surface area contributed by atoms with E-state index in [1.54, 1.807) is 18.3 Å². The van der Waals surface area contributed by atoms with Gasteiger partial charge in [-0.3, -0.25) is 9.36 Å². The van der Waals surface area contributed by atoms with Gasteiger partial charge in [0.05, 0.1) is 17.1 Å². The quantitative estimate of drug-likeness (QED) is 0.698. The Morgan fingerprint density at radius 3 is 2.72 bits per heavy atom. The molecule has 1 aromatic carbocycles. The molecule has 2 heterocycles. The van der Waals surface area contributed by atoms with E-state index in [4.69, 9.17) is 11.6 Å². The number of para-hydroxylation sites is 1. The molecule has 0 bridgehead atoms. The molecule has 0 saturated carbocycles. The van der Waals surface area contributed by atoms with Crippen LogP contribution in [0, 0.1) is 0 Å². The van der Waals surface area contributed by atoms with Gasteiger partial charge in [-0.25, -0.2) is 4.98 Å². The molecule has 0 amide bonds. The van der Waals surface area contributed by atoms with Crippen molar-refractivity contribution in [2.75, 3.05) is 5.32 Å². The first-order valence-electron chi connectivity index (χ1n) is 8.13. The monoisotopic (exact) mass is 349 g/mol. The average molecular weight is 350 g/mol. The van der Waals surface area contributed by atoms with Crippen LogP contribution in [0.5, 0.6) is 0 Å². The highest BCUT2D eigenvalue weighted by Gasteiger charge is 2.13. The number of anilines is 1. The first-order chi connectivity index (χ1) is 12.2. The Bertz CT molecular complexity index is 1050. The van der Waals surface area contributed by atoms with Crippen LogP contribution in [0.25, 0.3) is 16.6 Å². The number of rotatable bonds is 3. The van der Waals surface area contributed by atoms with E-state index < -0.39 is 0 Å². The lowest BCUT2D eigenvalue weighted by Gasteiger charge is -2.19. The van der Waals surface area contributed by atoms with E-state index in [9.17, 15) is 4.79 Å². The van der Waals surface area contributed by atoms with Crippen molar-refractivity contribution in [2.24, 2.45) is 0 Å². The second kappa shape index (κ2) is 6.57. The first-order valence-corrected chi connectivity index (χ1v) is 8.50. The third-order valence-corrected chi connectivity index (χ3v) is 4.35. The molecular formula is C20H16ClN3O. The maximum absolute atomic E-state index is 12.6. The molecule has 0 spiro atoms. The number of nitrogens with zero attached hydrogens (tertiary/aromatic N) is 2. The molecule has 1 aliphatic carbocycles. The van der Waals surface area contributed by atoms with Gasteiger partial charge in [-0.15, -0.1) is 0 Å². The molecular weight excluding hydrogens is 334 g/mol. The highest BCUT2D eigenvalue weighted by Crippen LogP contribution is 2.25. The molecule has 25 heavy (non-hydrogen) atoms. The molecule has 0 fully saturated rings. The number of nitrogens with one attached hydrogen (secondary N) is 1. The SMILES string of the molecule is O=c1cc(NC2=CCCC=C2)n(-c2ccccc2)c2cnc(Cl)cc12. The lowest BCUT2D eigenvalue weighted by atomic mass is 10.1. The molecule has 3 aromatic rings. The minimum atomic E-state index is -0.0885. The van der Waals surface area contributed by atoms with Crippen LogP contribution in [0.2, 0.25) is 5.15 Å². The number of fused-ring (bicyclic) bond motifs is 1. The van der Waals surface area contributed by atoms with Gasteiger partial charge in [-0.05, 0) is 37.1 Å². The minimum absolute atomic E-state index is 0.0885. The maximum atomic E-state index is 12.6. The van der Waals surface area contributed by atoms with Gasteiger partial charge in [0.1, 0.15) is 11.0 Å². The van der Waals surface area contributed by atoms with E-state index in [1.807, 2.05) is 41.0 Å². The lowest BCUT2D eigenvalue weighted by Crippen LogP contribution is -2.14. The maximum Gasteiger partial charge on any atom is 0.191 e. The van der Waals surface area contributed by atoms with Gasteiger partial charge in [-0.2, -0.15) is 0 Å². The van der Waals surface area contributed by atoms with E-state index in [2.05, 4.69) is 22.5 Å². The van der Waals surface area contributed by atoms with E-state index in [1.165, 1.54) is 0 Å². The van der Waals surface area contributed by atoms with Gasteiger partial charge in [0.2, 0.25) is 0 Å². The fourth-order valence-corrected chi connectivity index (χ4v) is 3.15. The van der Waals surface area contributed by atoms with Gasteiger partial charge >= 0.3 is 0 Å². The molecule has 1 aliphatic rings. The number of allylic oxidation sites excluding steroid dienone is 3. The van der Waals surface area contributed by atoms with Crippen molar-refractivity contribution in [1.82, 2.24) is 9.55 Å². The third-order valence-electron chi connectivity index (χ3n) is 4.15. The summed E-state index contributed by atoms with van der Waals surface area (Å²) in [7, 11) is 0. The molecule has 2 aromatic heterocycles. The third kappa shape index (κ3) is 3.08. The Morgan fingerprint density at radius 1 is 1.12 bits per heavy atom. The summed E-state index contributed by atoms with van der Waals surface area (Å²) in [5, 5.41) is 4.22. The average Bonchev–Trinajstić information content (AvgIpc) is 2.64. The van der Waals surface area contributed by atoms with Gasteiger partial charge in [-0.1, -0.05) is 42.0 Å². The van der Waals surface area contributed by atoms with Crippen LogP contribution in [-0.2, 0) is 0 Å². The molecule has 0 saturated heterocycles. The van der Waals surface area contributed by atoms with Crippen molar-refractivity contribution in [2.45, 2.75) is 12.8 Å². The van der Waals surface area contributed by atoms with Crippen molar-refractivity contribution < 1.29 is 0 Å². The smallest absolute Gasteiger partial charge is 0.191 e. The van der Waals surface area contributed by atoms with E-state index in [0.717, 1.165) is 24.2 Å². The van der Waals surface area contributed by atoms with Crippen LogP contribution in [0.4, 0.5) is 5.82 Å². The summed E-state index contributed by atoms with van der Waals surface area (Å²) < 4.78 is 1.99. The number of hydrogen-bond donors (Lipinski definition) is 1. The van der Waals surface area contributed by atoms with Crippen molar-refractivity contribution in [1.29, 1.82) is 0 Å². The predicted octanol–water partition coefficient (Wildman–Crippen LogP) is 4.68. The minimum Gasteiger partial charge on any atom is -0.342 e. The predicted molar refractivity (Wildman–Crippen MR) is 102 cm³/mol. The number of benzene rings is 1.